The number of aliphatic hydroxyl groups excluding tert-OH is 3. The molecular formula is C83H93N20O25PS4. The van der Waals surface area contributed by atoms with Crippen LogP contribution >= 0.6 is 41.4 Å². The summed E-state index contributed by atoms with van der Waals surface area (Å²) in [6, 6.07) is 20.2. The fourth-order valence-electron chi connectivity index (χ4n) is 16.4. The molecule has 0 radical (unpaired) electrons. The maximum atomic E-state index is 12.4. The van der Waals surface area contributed by atoms with E-state index in [0.29, 0.717) is 96.6 Å². The number of esters is 1. The second-order valence-electron chi connectivity index (χ2n) is 32.9. The summed E-state index contributed by atoms with van der Waals surface area (Å²) in [4.78, 5) is 156. The molecule has 1 amide bonds. The number of thiazole rings is 2. The van der Waals surface area contributed by atoms with Gasteiger partial charge in [0.15, 0.2) is 38.8 Å². The Balaban J connectivity index is 0.000000122. The van der Waals surface area contributed by atoms with E-state index >= 15 is 0 Å². The topological polar surface area (TPSA) is 663 Å². The molecule has 0 unspecified atom stereocenters. The third kappa shape index (κ3) is 22.6. The number of carbonyl (C=O) groups excluding carboxylic acids is 5. The monoisotopic (exact) mass is 1930 g/mol. The van der Waals surface area contributed by atoms with Gasteiger partial charge in [-0.15, -0.1) is 22.7 Å². The van der Waals surface area contributed by atoms with Crippen LogP contribution in [0.3, 0.4) is 0 Å². The number of fused-ring (bicyclic) bond motifs is 10. The van der Waals surface area contributed by atoms with Gasteiger partial charge in [-0.1, -0.05) is 91.5 Å². The van der Waals surface area contributed by atoms with E-state index in [1.54, 1.807) is 78.4 Å². The number of para-hydroxylation sites is 2. The van der Waals surface area contributed by atoms with Crippen molar-refractivity contribution in [1.82, 2.24) is 72.7 Å². The Morgan fingerprint density at radius 3 is 1.72 bits per heavy atom. The van der Waals surface area contributed by atoms with Gasteiger partial charge in [0.2, 0.25) is 11.0 Å². The number of aliphatic hydroxyl groups is 4. The number of nitrogens with zero attached hydrogens (tertiary/aromatic N) is 15. The van der Waals surface area contributed by atoms with Gasteiger partial charge in [-0.05, 0) is 80.9 Å². The van der Waals surface area contributed by atoms with E-state index < -0.39 is 96.8 Å². The molecule has 0 spiro atoms. The normalized spacial score (nSPS) is 24.5. The van der Waals surface area contributed by atoms with E-state index in [0.717, 1.165) is 67.5 Å². The number of nitrogens with two attached hydrogens (primary N) is 3. The van der Waals surface area contributed by atoms with Crippen molar-refractivity contribution < 1.29 is 107 Å². The number of carboxylic acid groups (broad SMARTS) is 3. The number of rotatable bonds is 17. The van der Waals surface area contributed by atoms with Crippen LogP contribution in [0.25, 0.3) is 32.5 Å². The number of imidazole rings is 1. The average molecular weight is 1930 g/mol. The predicted molar refractivity (Wildman–Crippen MR) is 477 cm³/mol. The van der Waals surface area contributed by atoms with Crippen LogP contribution in [-0.2, 0) is 79.1 Å². The largest absolute Gasteiger partial charge is 0.739 e. The number of hydrogen-bond acceptors (Lipinski definition) is 35. The first-order valence-corrected chi connectivity index (χ1v) is 46.7. The lowest BCUT2D eigenvalue weighted by atomic mass is 9.49. The van der Waals surface area contributed by atoms with Crippen molar-refractivity contribution in [3.63, 3.8) is 0 Å². The highest BCUT2D eigenvalue weighted by Crippen LogP contribution is 2.66. The quantitative estimate of drug-likeness (QED) is 0.0153. The van der Waals surface area contributed by atoms with Crippen LogP contribution in [0.4, 0.5) is 11.9 Å². The maximum Gasteiger partial charge on any atom is 0.458 e. The van der Waals surface area contributed by atoms with Crippen molar-refractivity contribution in [3.05, 3.63) is 206 Å². The van der Waals surface area contributed by atoms with Gasteiger partial charge in [0.1, 0.15) is 69.4 Å². The smallest absolute Gasteiger partial charge is 0.458 e. The van der Waals surface area contributed by atoms with E-state index in [1.807, 2.05) is 6.08 Å². The summed E-state index contributed by atoms with van der Waals surface area (Å²) in [6.07, 6.45) is 9.54. The van der Waals surface area contributed by atoms with Gasteiger partial charge in [-0.2, -0.15) is 0 Å². The third-order valence-corrected chi connectivity index (χ3v) is 31.2. The van der Waals surface area contributed by atoms with Crippen molar-refractivity contribution in [3.8, 4) is 0 Å². The van der Waals surface area contributed by atoms with Crippen LogP contribution < -0.4 is 43.8 Å². The minimum atomic E-state index is -2.74. The first-order valence-electron chi connectivity index (χ1n) is 41.8. The molecule has 7 aromatic heterocycles. The van der Waals surface area contributed by atoms with Gasteiger partial charge in [-0.25, -0.2) is 81.5 Å². The van der Waals surface area contributed by atoms with Crippen LogP contribution in [0.5, 0.6) is 0 Å². The summed E-state index contributed by atoms with van der Waals surface area (Å²) in [5.41, 5.74) is 18.7. The molecule has 45 nitrogen and oxygen atoms in total. The standard InChI is InChI=1S/C19H24O3.C14H8O2.C12H15N3O6.C9H12N2O5S.C7H6N4O2.C6H12N3PS.C6H8O7.C5H5N5S.C5H3N3S/c1-18-9-7-13(20)11-12(18)3-4-14-15(18)8-10-19(2)16(14)5-6-17(21)22-19;15-13-9-5-1-2-6-10(9)14(16)12-8-4-3-7-11(12)13;16-10-13(1-7-4-19-7)11(17)15(3-9-6-21-9)12(18)14(10)2-8-5-20-8;10-8(15)3-2-17-9(11-3)7-6(14)5(13)4(1-12)16-7;8-7-9-11(13)6-4-2-1-3-5(6)10(7)12;11-10(7-1-2-7,8-3-4-8)9-5-6-9;7-3(8)1-6(13,5(11)12)2-4(9)10;6-5-9-3-2(4(11)10-5)7-1-8-3;1-4-5(7-2-6-1)9-3-8-4/h7,9,11,14-16H,3-6,8,10H2,1-2H3;1-8H;7-9H,1-6H2;2,4-7,12-14H,1H2,(H2,10,15);1-4H,(H2,8,9);1-6H2;13H,1-2H2,(H,7,8)(H,9,10)(H,11,12);1H,(H4,6,7,8,9,10,11);1-3H/t14-,15+,16+,18+,19+;;7-,8-,9+;4-,5-,6-,7-;;;;;/m1.01...../s1. The van der Waals surface area contributed by atoms with Crippen LogP contribution in [0.1, 0.15) is 119 Å². The first kappa shape index (κ1) is 97.0. The summed E-state index contributed by atoms with van der Waals surface area (Å²) < 4.78 is 37.8. The molecule has 12 aliphatic rings. The molecule has 704 valence electrons. The number of ketones is 3. The van der Waals surface area contributed by atoms with Gasteiger partial charge < -0.3 is 91.3 Å². The molecule has 50 heteroatoms. The minimum Gasteiger partial charge on any atom is -0.739 e. The minimum absolute atomic E-state index is 0.0250. The number of nitrogens with one attached hydrogen (secondary N) is 2. The number of anilines is 2. The number of aromatic amines is 2. The number of amides is 1. The number of aromatic nitrogens is 14. The highest BCUT2D eigenvalue weighted by molar-refractivity contribution is 8.11. The molecule has 12 atom stereocenters. The lowest BCUT2D eigenvalue weighted by molar-refractivity contribution is -0.672. The molecule has 10 aromatic rings. The Hall–Kier alpha value is -12.0. The van der Waals surface area contributed by atoms with Crippen molar-refractivity contribution >= 4 is 145 Å². The summed E-state index contributed by atoms with van der Waals surface area (Å²) in [5.74, 6) is -4.11. The molecule has 4 aliphatic carbocycles. The summed E-state index contributed by atoms with van der Waals surface area (Å²) in [6.45, 7) is 12.4. The molecule has 15 heterocycles. The Bertz CT molecular complexity index is 6180. The van der Waals surface area contributed by atoms with E-state index in [1.165, 1.54) is 86.3 Å². The van der Waals surface area contributed by atoms with Crippen molar-refractivity contribution in [1.29, 1.82) is 0 Å². The SMILES string of the molecule is C[C@]12C=CC(=O)C=C1CC[C@@H]1[C@@H]2CC[C@]2(C)OC(=O)CC[C@@H]12.NC(=O)c1csc([C@@H]2O[C@H](CO)[C@@H](O)[C@H]2O)n1.Nc1n[n+]([O-])c2ccccc2[n+]1[O-].Nc1nc(=S)c2[nH]cnc2[nH]1.O=C(O)CC(O)(CC(=O)O)C(=O)O.O=C1c2ccccc2C(=O)c2ccccc21.O=c1n(C[C@H]2CO2)c(=O)n(C[C@@H]2CO2)c(=O)n1C[C@H]1CO1.S=P(N1CC1)(N1CC1)N1CC1.c1ncc2ncsc2n1. The van der Waals surface area contributed by atoms with E-state index in [-0.39, 0.29) is 101 Å². The number of carboxylic acids is 3. The molecule has 8 saturated heterocycles. The Kier molecular flexibility index (Phi) is 29.8. The number of H-pyrrole nitrogens is 2. The van der Waals surface area contributed by atoms with Gasteiger partial charge in [-0.3, -0.25) is 39.3 Å². The molecule has 15 N–H and O–H groups in total. The summed E-state index contributed by atoms with van der Waals surface area (Å²) >= 11 is 13.3. The molecule has 2 saturated carbocycles. The van der Waals surface area contributed by atoms with Crippen LogP contribution in [0.2, 0.25) is 0 Å². The maximum absolute atomic E-state index is 12.4. The van der Waals surface area contributed by atoms with E-state index in [2.05, 4.69) is 78.9 Å². The molecule has 8 aliphatic heterocycles. The first-order chi connectivity index (χ1) is 63.4. The zero-order valence-corrected chi connectivity index (χ0v) is 75.3. The van der Waals surface area contributed by atoms with Gasteiger partial charge in [0.05, 0.1) is 95.3 Å². The van der Waals surface area contributed by atoms with Crippen LogP contribution in [-0.4, -0.2) is 269 Å². The van der Waals surface area contributed by atoms with Crippen LogP contribution in [0.15, 0.2) is 141 Å². The van der Waals surface area contributed by atoms with Gasteiger partial charge >= 0.3 is 46.9 Å². The summed E-state index contributed by atoms with van der Waals surface area (Å²) in [5, 5.41) is 89.5. The molecule has 133 heavy (non-hydrogen) atoms. The Labute approximate surface area is 771 Å². The van der Waals surface area contributed by atoms with Gasteiger partial charge in [0.25, 0.3) is 11.4 Å². The predicted octanol–water partition coefficient (Wildman–Crippen LogP) is 1.49. The fourth-order valence-corrected chi connectivity index (χ4v) is 22.6. The van der Waals surface area contributed by atoms with Crippen molar-refractivity contribution in [2.75, 3.05) is 77.2 Å². The Morgan fingerprint density at radius 2 is 1.24 bits per heavy atom. The third-order valence-electron chi connectivity index (χ3n) is 23.7. The fraction of sp³-hybridized carbons (Fsp3) is 0.434. The lowest BCUT2D eigenvalue weighted by Crippen LogP contribution is -2.56. The lowest BCUT2D eigenvalue weighted by Gasteiger charge is -2.58. The summed E-state index contributed by atoms with van der Waals surface area (Å²) in [7, 11) is 0. The van der Waals surface area contributed by atoms with Gasteiger partial charge in [0, 0.05) is 95.6 Å². The van der Waals surface area contributed by atoms with Crippen molar-refractivity contribution in [2.24, 2.45) is 28.9 Å². The molecule has 0 bridgehead atoms. The number of benzene rings is 3. The highest BCUT2D eigenvalue weighted by atomic mass is 32.4. The second kappa shape index (κ2) is 40.8. The number of aliphatic carboxylic acids is 3. The number of allylic oxidation sites excluding steroid dienone is 4. The molecule has 3 aromatic carbocycles. The number of ether oxygens (including phenoxy) is 5. The number of carbonyl (C=O) groups is 8. The second-order valence-corrected chi connectivity index (χ2v) is 39.2. The molecule has 22 rings (SSSR count). The highest BCUT2D eigenvalue weighted by Gasteiger charge is 2.57. The van der Waals surface area contributed by atoms with E-state index in [4.69, 9.17) is 90.4 Å². The van der Waals surface area contributed by atoms with E-state index in [9.17, 15) is 73.4 Å². The zero-order chi connectivity index (χ0) is 95.3. The number of epoxide rings is 3. The number of hydrogen-bond donors (Lipinski definition) is 12. The molecular weight excluding hydrogens is 1840 g/mol. The number of nitrogen functional groups attached to an aromatic ring is 2. The van der Waals surface area contributed by atoms with Crippen LogP contribution in [0, 0.1) is 38.2 Å². The van der Waals surface area contributed by atoms with Crippen molar-refractivity contribution in [2.45, 2.75) is 139 Å². The zero-order valence-electron chi connectivity index (χ0n) is 71.2. The average Bonchev–Trinajstić information content (AvgIpc) is 1.67. The molecule has 10 fully saturated rings. The Morgan fingerprint density at radius 1 is 0.707 bits per heavy atom. The number of primary amides is 1.